The van der Waals surface area contributed by atoms with Crippen LogP contribution in [0.3, 0.4) is 0 Å². The molecular weight excluding hydrogens is 403 g/mol. The Kier molecular flexibility index (Phi) is 9.68. The highest BCUT2D eigenvalue weighted by Crippen LogP contribution is 2.41. The summed E-state index contributed by atoms with van der Waals surface area (Å²) in [6.07, 6.45) is 27.2. The standard InChI is InChI=1S/C32H47F/c1-25-24-32(25)22-17-29-15-20-31(21-16-29)30-18-13-28(14-19-30)7-3-2-6-26-9-11-27(12-10-26)8-4-5-23-33/h2,5-6,15-16,20-21,23,25-28,30,32H,3-4,7-14,17-19,22,24H2,1H3. The summed E-state index contributed by atoms with van der Waals surface area (Å²) < 4.78 is 12.1. The van der Waals surface area contributed by atoms with Crippen molar-refractivity contribution in [3.63, 3.8) is 0 Å². The molecule has 0 aliphatic heterocycles. The van der Waals surface area contributed by atoms with Gasteiger partial charge in [0.25, 0.3) is 0 Å². The first-order valence-electron chi connectivity index (χ1n) is 14.2. The molecule has 0 heterocycles. The van der Waals surface area contributed by atoms with E-state index in [1.54, 1.807) is 17.2 Å². The summed E-state index contributed by atoms with van der Waals surface area (Å²) in [5, 5.41) is 0. The number of aryl methyl sites for hydroxylation is 1. The fourth-order valence-electron chi connectivity index (χ4n) is 6.58. The predicted octanol–water partition coefficient (Wildman–Crippen LogP) is 9.96. The Labute approximate surface area is 203 Å². The molecular formula is C32H47F. The van der Waals surface area contributed by atoms with Gasteiger partial charge < -0.3 is 0 Å². The Morgan fingerprint density at radius 2 is 1.39 bits per heavy atom. The molecule has 3 aliphatic carbocycles. The van der Waals surface area contributed by atoms with E-state index in [4.69, 9.17) is 0 Å². The van der Waals surface area contributed by atoms with Gasteiger partial charge in [0.15, 0.2) is 0 Å². The summed E-state index contributed by atoms with van der Waals surface area (Å²) in [5.41, 5.74) is 3.13. The minimum atomic E-state index is 0.703. The molecule has 1 aromatic carbocycles. The summed E-state index contributed by atoms with van der Waals surface area (Å²) in [7, 11) is 0. The predicted molar refractivity (Wildman–Crippen MR) is 140 cm³/mol. The molecule has 0 nitrogen and oxygen atoms in total. The first-order valence-corrected chi connectivity index (χ1v) is 14.2. The number of hydrogen-bond donors (Lipinski definition) is 0. The highest BCUT2D eigenvalue weighted by Gasteiger charge is 2.31. The zero-order valence-corrected chi connectivity index (χ0v) is 21.1. The molecule has 0 spiro atoms. The van der Waals surface area contributed by atoms with E-state index in [9.17, 15) is 4.39 Å². The Morgan fingerprint density at radius 1 is 0.788 bits per heavy atom. The molecule has 0 aromatic heterocycles. The second kappa shape index (κ2) is 12.9. The quantitative estimate of drug-likeness (QED) is 0.294. The average Bonchev–Trinajstić information content (AvgIpc) is 3.57. The molecule has 0 amide bonds. The molecule has 1 heteroatoms. The van der Waals surface area contributed by atoms with E-state index < -0.39 is 0 Å². The maximum absolute atomic E-state index is 12.1. The first-order chi connectivity index (χ1) is 16.2. The molecule has 182 valence electrons. The van der Waals surface area contributed by atoms with Crippen molar-refractivity contribution in [1.29, 1.82) is 0 Å². The Morgan fingerprint density at radius 3 is 2.00 bits per heavy atom. The minimum absolute atomic E-state index is 0.703. The van der Waals surface area contributed by atoms with Crippen LogP contribution in [0.15, 0.2) is 48.8 Å². The van der Waals surface area contributed by atoms with Gasteiger partial charge in [-0.3, -0.25) is 0 Å². The van der Waals surface area contributed by atoms with Gasteiger partial charge in [-0.2, -0.15) is 0 Å². The van der Waals surface area contributed by atoms with Crippen molar-refractivity contribution in [3.05, 3.63) is 60.0 Å². The molecule has 2 atom stereocenters. The summed E-state index contributed by atoms with van der Waals surface area (Å²) in [5.74, 6) is 5.34. The normalized spacial score (nSPS) is 32.5. The van der Waals surface area contributed by atoms with Crippen LogP contribution in [0.4, 0.5) is 4.39 Å². The molecule has 3 saturated carbocycles. The van der Waals surface area contributed by atoms with Gasteiger partial charge in [0.2, 0.25) is 0 Å². The molecule has 3 fully saturated rings. The van der Waals surface area contributed by atoms with Gasteiger partial charge >= 0.3 is 0 Å². The number of hydrogen-bond acceptors (Lipinski definition) is 0. The van der Waals surface area contributed by atoms with Crippen LogP contribution in [0.5, 0.6) is 0 Å². The SMILES string of the molecule is CC1CC1CCc1ccc(C2CCC(CCC=CC3CCC(CCC=CF)CC3)CC2)cc1. The fourth-order valence-corrected chi connectivity index (χ4v) is 6.58. The van der Waals surface area contributed by atoms with Crippen LogP contribution in [0, 0.1) is 29.6 Å². The molecule has 2 unspecified atom stereocenters. The maximum atomic E-state index is 12.1. The highest BCUT2D eigenvalue weighted by molar-refractivity contribution is 5.26. The van der Waals surface area contributed by atoms with E-state index in [-0.39, 0.29) is 0 Å². The number of benzene rings is 1. The Balaban J connectivity index is 1.08. The van der Waals surface area contributed by atoms with Gasteiger partial charge in [-0.25, -0.2) is 4.39 Å². The van der Waals surface area contributed by atoms with Crippen LogP contribution in [0.25, 0.3) is 0 Å². The third kappa shape index (κ3) is 8.11. The van der Waals surface area contributed by atoms with Crippen LogP contribution in [-0.2, 0) is 6.42 Å². The minimum Gasteiger partial charge on any atom is -0.216 e. The Hall–Kier alpha value is -1.37. The van der Waals surface area contributed by atoms with Crippen LogP contribution in [0.1, 0.15) is 114 Å². The van der Waals surface area contributed by atoms with Crippen LogP contribution in [0.2, 0.25) is 0 Å². The zero-order chi connectivity index (χ0) is 22.9. The maximum Gasteiger partial charge on any atom is 0.0827 e. The lowest BCUT2D eigenvalue weighted by atomic mass is 9.77. The highest BCUT2D eigenvalue weighted by atomic mass is 19.1. The molecule has 0 bridgehead atoms. The van der Waals surface area contributed by atoms with Gasteiger partial charge in [0.1, 0.15) is 0 Å². The van der Waals surface area contributed by atoms with Crippen LogP contribution >= 0.6 is 0 Å². The lowest BCUT2D eigenvalue weighted by Crippen LogP contribution is -2.13. The lowest BCUT2D eigenvalue weighted by molar-refractivity contribution is 0.296. The van der Waals surface area contributed by atoms with Crippen molar-refractivity contribution >= 4 is 0 Å². The third-order valence-electron chi connectivity index (χ3n) is 9.25. The van der Waals surface area contributed by atoms with Crippen molar-refractivity contribution in [2.75, 3.05) is 0 Å². The second-order valence-electron chi connectivity index (χ2n) is 11.7. The average molecular weight is 451 g/mol. The van der Waals surface area contributed by atoms with Crippen LogP contribution in [-0.4, -0.2) is 0 Å². The number of halogens is 1. The van der Waals surface area contributed by atoms with E-state index in [0.717, 1.165) is 41.9 Å². The zero-order valence-electron chi connectivity index (χ0n) is 21.1. The summed E-state index contributed by atoms with van der Waals surface area (Å²) in [6.45, 7) is 2.39. The lowest BCUT2D eigenvalue weighted by Gasteiger charge is -2.29. The molecule has 4 rings (SSSR count). The van der Waals surface area contributed by atoms with Gasteiger partial charge in [-0.15, -0.1) is 0 Å². The largest absolute Gasteiger partial charge is 0.216 e. The Bertz CT molecular complexity index is 728. The molecule has 3 aliphatic rings. The van der Waals surface area contributed by atoms with Crippen molar-refractivity contribution in [1.82, 2.24) is 0 Å². The smallest absolute Gasteiger partial charge is 0.0827 e. The summed E-state index contributed by atoms with van der Waals surface area (Å²) in [6, 6.07) is 9.69. The number of allylic oxidation sites excluding steroid dienone is 3. The van der Waals surface area contributed by atoms with Crippen molar-refractivity contribution in [3.8, 4) is 0 Å². The van der Waals surface area contributed by atoms with E-state index in [1.165, 1.54) is 89.9 Å². The summed E-state index contributed by atoms with van der Waals surface area (Å²) in [4.78, 5) is 0. The molecule has 0 N–H and O–H groups in total. The third-order valence-corrected chi connectivity index (χ3v) is 9.25. The molecule has 33 heavy (non-hydrogen) atoms. The second-order valence-corrected chi connectivity index (χ2v) is 11.7. The fraction of sp³-hybridized carbons (Fsp3) is 0.688. The summed E-state index contributed by atoms with van der Waals surface area (Å²) >= 11 is 0. The first kappa shape index (κ1) is 24.7. The van der Waals surface area contributed by atoms with Crippen molar-refractivity contribution in [2.45, 2.75) is 109 Å². The van der Waals surface area contributed by atoms with Crippen LogP contribution < -0.4 is 0 Å². The monoisotopic (exact) mass is 450 g/mol. The molecule has 1 aromatic rings. The van der Waals surface area contributed by atoms with E-state index >= 15 is 0 Å². The van der Waals surface area contributed by atoms with E-state index in [2.05, 4.69) is 43.3 Å². The molecule has 0 radical (unpaired) electrons. The number of rotatable bonds is 11. The van der Waals surface area contributed by atoms with Crippen molar-refractivity contribution < 1.29 is 4.39 Å². The van der Waals surface area contributed by atoms with E-state index in [1.807, 2.05) is 0 Å². The van der Waals surface area contributed by atoms with Gasteiger partial charge in [-0.1, -0.05) is 49.4 Å². The van der Waals surface area contributed by atoms with Gasteiger partial charge in [-0.05, 0) is 143 Å². The van der Waals surface area contributed by atoms with Gasteiger partial charge in [0.05, 0.1) is 6.33 Å². The topological polar surface area (TPSA) is 0 Å². The molecule has 0 saturated heterocycles. The van der Waals surface area contributed by atoms with Gasteiger partial charge in [0, 0.05) is 0 Å². The van der Waals surface area contributed by atoms with Crippen molar-refractivity contribution in [2.24, 2.45) is 29.6 Å². The van der Waals surface area contributed by atoms with E-state index in [0.29, 0.717) is 6.33 Å².